The smallest absolute Gasteiger partial charge is 0.223 e. The van der Waals surface area contributed by atoms with Crippen molar-refractivity contribution in [3.8, 4) is 5.75 Å². The average Bonchev–Trinajstić information content (AvgIpc) is 2.75. The third-order valence-electron chi connectivity index (χ3n) is 5.57. The van der Waals surface area contributed by atoms with Crippen LogP contribution in [0, 0.1) is 6.92 Å². The van der Waals surface area contributed by atoms with Crippen molar-refractivity contribution in [2.75, 3.05) is 18.4 Å². The van der Waals surface area contributed by atoms with Gasteiger partial charge in [0.25, 0.3) is 0 Å². The maximum absolute atomic E-state index is 11.7. The van der Waals surface area contributed by atoms with Gasteiger partial charge in [-0.05, 0) is 38.4 Å². The first-order chi connectivity index (χ1) is 14.6. The predicted molar refractivity (Wildman–Crippen MR) is 123 cm³/mol. The monoisotopic (exact) mass is 408 g/mol. The lowest BCUT2D eigenvalue weighted by Crippen LogP contribution is -2.21. The molecule has 0 unspecified atom stereocenters. The van der Waals surface area contributed by atoms with Crippen molar-refractivity contribution < 1.29 is 5.11 Å². The van der Waals surface area contributed by atoms with E-state index in [9.17, 15) is 9.90 Å². The molecule has 0 atom stereocenters. The summed E-state index contributed by atoms with van der Waals surface area (Å²) in [5, 5.41) is 18.0. The molecule has 0 aliphatic heterocycles. The van der Waals surface area contributed by atoms with Gasteiger partial charge < -0.3 is 20.3 Å². The second-order valence-electron chi connectivity index (χ2n) is 7.75. The Morgan fingerprint density at radius 2 is 1.77 bits per heavy atom. The lowest BCUT2D eigenvalue weighted by atomic mass is 10.1. The molecule has 30 heavy (non-hydrogen) atoms. The molecule has 3 N–H and O–H groups in total. The number of anilines is 1. The van der Waals surface area contributed by atoms with Crippen LogP contribution in [0.2, 0.25) is 0 Å². The van der Waals surface area contributed by atoms with Gasteiger partial charge in [0.05, 0.1) is 11.2 Å². The van der Waals surface area contributed by atoms with Gasteiger partial charge in [-0.15, -0.1) is 0 Å². The van der Waals surface area contributed by atoms with Crippen LogP contribution in [-0.4, -0.2) is 27.7 Å². The van der Waals surface area contributed by atoms with Gasteiger partial charge in [0.2, 0.25) is 5.43 Å². The Hall–Kier alpha value is -2.86. The summed E-state index contributed by atoms with van der Waals surface area (Å²) in [7, 11) is 1.87. The van der Waals surface area contributed by atoms with E-state index in [2.05, 4.69) is 21.7 Å². The number of benzene rings is 1. The molecule has 3 aromatic rings. The number of unbranched alkanes of at least 4 members (excludes halogenated alkanes) is 4. The molecule has 3 rings (SSSR count). The summed E-state index contributed by atoms with van der Waals surface area (Å²) >= 11 is 0. The molecule has 160 valence electrons. The first-order valence-electron chi connectivity index (χ1n) is 10.7. The fourth-order valence-electron chi connectivity index (χ4n) is 3.66. The molecule has 0 radical (unpaired) electrons. The van der Waals surface area contributed by atoms with Gasteiger partial charge in [0.1, 0.15) is 0 Å². The summed E-state index contributed by atoms with van der Waals surface area (Å²) in [6.45, 7) is 4.22. The lowest BCUT2D eigenvalue weighted by Gasteiger charge is -2.14. The predicted octanol–water partition coefficient (Wildman–Crippen LogP) is 4.10. The number of nitrogens with zero attached hydrogens (tertiary/aromatic N) is 2. The zero-order valence-corrected chi connectivity index (χ0v) is 17.9. The minimum Gasteiger partial charge on any atom is -0.503 e. The Labute approximate surface area is 178 Å². The number of nitrogens with one attached hydrogen (secondary N) is 2. The van der Waals surface area contributed by atoms with Crippen LogP contribution < -0.4 is 16.1 Å². The number of fused-ring (bicyclic) bond motifs is 1. The number of aryl methyl sites for hydroxylation is 1. The Kier molecular flexibility index (Phi) is 7.85. The third-order valence-corrected chi connectivity index (χ3v) is 5.57. The van der Waals surface area contributed by atoms with Crippen LogP contribution in [0.3, 0.4) is 0 Å². The normalized spacial score (nSPS) is 11.1. The van der Waals surface area contributed by atoms with Crippen LogP contribution in [0.15, 0.2) is 47.4 Å². The van der Waals surface area contributed by atoms with Crippen molar-refractivity contribution in [1.29, 1.82) is 0 Å². The molecule has 6 nitrogen and oxygen atoms in total. The number of pyridine rings is 2. The highest BCUT2D eigenvalue weighted by Crippen LogP contribution is 2.21. The average molecular weight is 409 g/mol. The SMILES string of the molecule is Cc1cc(=O)c(O)c(CNCCCCCCCNc2ccnc3ccccc23)n1C. The van der Waals surface area contributed by atoms with Crippen LogP contribution >= 0.6 is 0 Å². The highest BCUT2D eigenvalue weighted by atomic mass is 16.3. The van der Waals surface area contributed by atoms with Crippen molar-refractivity contribution in [3.05, 3.63) is 64.2 Å². The van der Waals surface area contributed by atoms with E-state index >= 15 is 0 Å². The largest absolute Gasteiger partial charge is 0.503 e. The Bertz CT molecular complexity index is 1020. The van der Waals surface area contributed by atoms with Gasteiger partial charge in [-0.3, -0.25) is 9.78 Å². The van der Waals surface area contributed by atoms with Crippen molar-refractivity contribution in [2.24, 2.45) is 7.05 Å². The van der Waals surface area contributed by atoms with E-state index in [4.69, 9.17) is 0 Å². The Balaban J connectivity index is 1.28. The minimum atomic E-state index is -0.309. The van der Waals surface area contributed by atoms with E-state index in [1.165, 1.54) is 30.7 Å². The van der Waals surface area contributed by atoms with Gasteiger partial charge >= 0.3 is 0 Å². The van der Waals surface area contributed by atoms with Crippen molar-refractivity contribution in [1.82, 2.24) is 14.9 Å². The van der Waals surface area contributed by atoms with Crippen LogP contribution in [0.5, 0.6) is 5.75 Å². The van der Waals surface area contributed by atoms with E-state index in [1.54, 1.807) is 0 Å². The molecular weight excluding hydrogens is 376 g/mol. The second-order valence-corrected chi connectivity index (χ2v) is 7.75. The Morgan fingerprint density at radius 1 is 1.03 bits per heavy atom. The van der Waals surface area contributed by atoms with Crippen LogP contribution in [0.1, 0.15) is 43.5 Å². The van der Waals surface area contributed by atoms with E-state index in [-0.39, 0.29) is 11.2 Å². The molecule has 0 amide bonds. The first kappa shape index (κ1) is 21.8. The summed E-state index contributed by atoms with van der Waals surface area (Å²) in [6, 6.07) is 11.7. The minimum absolute atomic E-state index is 0.148. The fourth-order valence-corrected chi connectivity index (χ4v) is 3.66. The highest BCUT2D eigenvalue weighted by molar-refractivity contribution is 5.90. The number of para-hydroxylation sites is 1. The summed E-state index contributed by atoms with van der Waals surface area (Å²) in [4.78, 5) is 16.1. The maximum atomic E-state index is 11.7. The molecule has 0 aliphatic rings. The first-order valence-corrected chi connectivity index (χ1v) is 10.7. The van der Waals surface area contributed by atoms with Gasteiger partial charge in [-0.25, -0.2) is 0 Å². The van der Waals surface area contributed by atoms with Gasteiger partial charge in [0, 0.05) is 49.2 Å². The molecule has 2 aromatic heterocycles. The lowest BCUT2D eigenvalue weighted by molar-refractivity contribution is 0.445. The molecule has 1 aromatic carbocycles. The number of hydrogen-bond acceptors (Lipinski definition) is 5. The highest BCUT2D eigenvalue weighted by Gasteiger charge is 2.09. The molecule has 0 spiro atoms. The summed E-state index contributed by atoms with van der Waals surface area (Å²) < 4.78 is 1.86. The van der Waals surface area contributed by atoms with Gasteiger partial charge in [0.15, 0.2) is 5.75 Å². The van der Waals surface area contributed by atoms with Crippen molar-refractivity contribution in [3.63, 3.8) is 0 Å². The van der Waals surface area contributed by atoms with Crippen molar-refractivity contribution in [2.45, 2.75) is 45.6 Å². The molecule has 0 bridgehead atoms. The summed E-state index contributed by atoms with van der Waals surface area (Å²) in [6.07, 6.45) is 7.65. The zero-order chi connectivity index (χ0) is 21.3. The van der Waals surface area contributed by atoms with Crippen molar-refractivity contribution >= 4 is 16.6 Å². The fraction of sp³-hybridized carbons (Fsp3) is 0.417. The summed E-state index contributed by atoms with van der Waals surface area (Å²) in [5.41, 5.74) is 3.36. The number of aromatic hydroxyl groups is 1. The van der Waals surface area contributed by atoms with Gasteiger partial charge in [-0.2, -0.15) is 0 Å². The standard InChI is InChI=1S/C24H32N4O2/c1-18-16-23(29)24(30)22(28(18)2)17-25-13-8-4-3-5-9-14-26-21-12-15-27-20-11-7-6-10-19(20)21/h6-7,10-12,15-16,25,30H,3-5,8-9,13-14,17H2,1-2H3,(H,26,27). The number of hydrogen-bond donors (Lipinski definition) is 3. The molecule has 0 fully saturated rings. The van der Waals surface area contributed by atoms with Crippen LogP contribution in [-0.2, 0) is 13.6 Å². The molecule has 0 aliphatic carbocycles. The zero-order valence-electron chi connectivity index (χ0n) is 17.9. The Morgan fingerprint density at radius 3 is 2.60 bits per heavy atom. The topological polar surface area (TPSA) is 79.2 Å². The van der Waals surface area contributed by atoms with Gasteiger partial charge in [-0.1, -0.05) is 37.5 Å². The molecule has 0 saturated carbocycles. The molecule has 6 heteroatoms. The van der Waals surface area contributed by atoms with Crippen LogP contribution in [0.25, 0.3) is 10.9 Å². The summed E-state index contributed by atoms with van der Waals surface area (Å²) in [5.74, 6) is -0.148. The third kappa shape index (κ3) is 5.60. The second kappa shape index (κ2) is 10.8. The molecule has 2 heterocycles. The van der Waals surface area contributed by atoms with E-state index < -0.39 is 0 Å². The van der Waals surface area contributed by atoms with Crippen LogP contribution in [0.4, 0.5) is 5.69 Å². The quantitative estimate of drug-likeness (QED) is 0.416. The van der Waals surface area contributed by atoms with E-state index in [1.807, 2.05) is 49.0 Å². The number of rotatable bonds is 11. The number of aromatic nitrogens is 2. The maximum Gasteiger partial charge on any atom is 0.223 e. The molecular formula is C24H32N4O2. The van der Waals surface area contributed by atoms with E-state index in [0.29, 0.717) is 12.2 Å². The molecule has 0 saturated heterocycles. The van der Waals surface area contributed by atoms with E-state index in [0.717, 1.165) is 42.8 Å².